The van der Waals surface area contributed by atoms with Crippen molar-refractivity contribution in [2.24, 2.45) is 29.1 Å². The number of hydrogen-bond donors (Lipinski definition) is 1. The van der Waals surface area contributed by atoms with E-state index in [1.807, 2.05) is 6.08 Å². The Morgan fingerprint density at radius 1 is 0.891 bits per heavy atom. The van der Waals surface area contributed by atoms with E-state index in [4.69, 9.17) is 4.74 Å². The van der Waals surface area contributed by atoms with Crippen LogP contribution in [0.3, 0.4) is 0 Å². The maximum Gasteiger partial charge on any atom is 0.269 e. The molecule has 11 nitrogen and oxygen atoms in total. The van der Waals surface area contributed by atoms with E-state index in [1.54, 1.807) is 62.4 Å². The molecule has 2 saturated heterocycles. The molecule has 2 aliphatic heterocycles. The van der Waals surface area contributed by atoms with Crippen molar-refractivity contribution in [1.82, 2.24) is 0 Å². The number of ether oxygens (including phenoxy) is 1. The summed E-state index contributed by atoms with van der Waals surface area (Å²) in [5, 5.41) is 22.7. The van der Waals surface area contributed by atoms with Gasteiger partial charge in [0.1, 0.15) is 0 Å². The lowest BCUT2D eigenvalue weighted by Gasteiger charge is -2.49. The van der Waals surface area contributed by atoms with Gasteiger partial charge in [-0.25, -0.2) is 4.90 Å². The zero-order valence-corrected chi connectivity index (χ0v) is 25.2. The molecule has 6 unspecified atom stereocenters. The van der Waals surface area contributed by atoms with E-state index in [0.29, 0.717) is 17.9 Å². The Morgan fingerprint density at radius 2 is 1.59 bits per heavy atom. The second-order valence-electron chi connectivity index (χ2n) is 12.4. The van der Waals surface area contributed by atoms with E-state index in [1.165, 1.54) is 29.2 Å². The minimum Gasteiger partial charge on any atom is -0.504 e. The molecule has 6 atom stereocenters. The number of aromatic hydroxyl groups is 1. The van der Waals surface area contributed by atoms with E-state index in [2.05, 4.69) is 0 Å². The van der Waals surface area contributed by atoms with Crippen LogP contribution in [-0.4, -0.2) is 40.3 Å². The molecule has 0 bridgehead atoms. The first kappa shape index (κ1) is 29.4. The molecule has 3 aromatic rings. The number of phenolic OH excluding ortho intramolecular Hbond substituents is 1. The van der Waals surface area contributed by atoms with Crippen molar-refractivity contribution in [3.05, 3.63) is 100 Å². The zero-order chi connectivity index (χ0) is 32.5. The number of anilines is 2. The van der Waals surface area contributed by atoms with Crippen LogP contribution in [0.5, 0.6) is 11.5 Å². The molecule has 11 heteroatoms. The quantitative estimate of drug-likeness (QED) is 0.172. The summed E-state index contributed by atoms with van der Waals surface area (Å²) in [6.45, 7) is 3.84. The standard InChI is InChI=1S/C35H31N3O8/c1-3-46-27-11-7-10-24(30(27)39)29-22-16-17-23-28(33(42)36(31(23)40)20-12-14-21(15-13-20)38(44)45)25(22)18-26-32(41)37(34(43)35(26,29)2)19-8-5-4-6-9-19/h4-16,23,25-26,28-29,39H,3,17-18H2,1-2H3. The lowest BCUT2D eigenvalue weighted by molar-refractivity contribution is -0.384. The third-order valence-electron chi connectivity index (χ3n) is 10.2. The number of fused-ring (bicyclic) bond motifs is 4. The van der Waals surface area contributed by atoms with Crippen molar-refractivity contribution in [3.8, 4) is 11.5 Å². The van der Waals surface area contributed by atoms with Gasteiger partial charge < -0.3 is 9.84 Å². The maximum atomic E-state index is 14.5. The Balaban J connectivity index is 1.36. The fraction of sp³-hybridized carbons (Fsp3) is 0.314. The molecule has 1 N–H and O–H groups in total. The van der Waals surface area contributed by atoms with Gasteiger partial charge in [0.2, 0.25) is 23.6 Å². The Hall–Kier alpha value is -5.32. The Kier molecular flexibility index (Phi) is 6.80. The first-order chi connectivity index (χ1) is 22.1. The van der Waals surface area contributed by atoms with Crippen LogP contribution in [-0.2, 0) is 19.2 Å². The summed E-state index contributed by atoms with van der Waals surface area (Å²) < 4.78 is 5.69. The van der Waals surface area contributed by atoms with Crippen LogP contribution in [0.15, 0.2) is 84.4 Å². The van der Waals surface area contributed by atoms with Gasteiger partial charge in [-0.1, -0.05) is 42.0 Å². The van der Waals surface area contributed by atoms with Crippen molar-refractivity contribution in [1.29, 1.82) is 0 Å². The van der Waals surface area contributed by atoms with Crippen molar-refractivity contribution in [2.45, 2.75) is 32.6 Å². The number of imide groups is 2. The van der Waals surface area contributed by atoms with E-state index in [-0.39, 0.29) is 35.7 Å². The van der Waals surface area contributed by atoms with E-state index >= 15 is 0 Å². The lowest BCUT2D eigenvalue weighted by Crippen LogP contribution is -2.48. The summed E-state index contributed by atoms with van der Waals surface area (Å²) in [7, 11) is 0. The highest BCUT2D eigenvalue weighted by Crippen LogP contribution is 2.65. The fourth-order valence-corrected chi connectivity index (χ4v) is 8.20. The number of amides is 4. The molecule has 46 heavy (non-hydrogen) atoms. The Bertz CT molecular complexity index is 1840. The van der Waals surface area contributed by atoms with Crippen molar-refractivity contribution >= 4 is 40.7 Å². The lowest BCUT2D eigenvalue weighted by atomic mass is 9.51. The molecule has 3 aromatic carbocycles. The van der Waals surface area contributed by atoms with Crippen molar-refractivity contribution in [2.75, 3.05) is 16.4 Å². The van der Waals surface area contributed by atoms with Gasteiger partial charge >= 0.3 is 0 Å². The van der Waals surface area contributed by atoms with Crippen LogP contribution in [0.25, 0.3) is 0 Å². The smallest absolute Gasteiger partial charge is 0.269 e. The first-order valence-electron chi connectivity index (χ1n) is 15.3. The third-order valence-corrected chi connectivity index (χ3v) is 10.2. The van der Waals surface area contributed by atoms with Crippen LogP contribution in [0.4, 0.5) is 17.1 Å². The summed E-state index contributed by atoms with van der Waals surface area (Å²) >= 11 is 0. The summed E-state index contributed by atoms with van der Waals surface area (Å²) in [6, 6.07) is 19.0. The number of allylic oxidation sites excluding steroid dienone is 2. The molecule has 4 amide bonds. The van der Waals surface area contributed by atoms with Crippen molar-refractivity contribution in [3.63, 3.8) is 0 Å². The molecular formula is C35H31N3O8. The summed E-state index contributed by atoms with van der Waals surface area (Å²) in [4.78, 5) is 69.7. The number of para-hydroxylation sites is 2. The first-order valence-corrected chi connectivity index (χ1v) is 15.3. The molecule has 0 spiro atoms. The molecule has 3 fully saturated rings. The van der Waals surface area contributed by atoms with Gasteiger partial charge in [0, 0.05) is 23.6 Å². The molecular weight excluding hydrogens is 590 g/mol. The van der Waals surface area contributed by atoms with Crippen molar-refractivity contribution < 1.29 is 33.9 Å². The van der Waals surface area contributed by atoms with Gasteiger partial charge in [-0.2, -0.15) is 0 Å². The number of non-ortho nitro benzene ring substituents is 1. The normalized spacial score (nSPS) is 28.5. The molecule has 2 aliphatic carbocycles. The van der Waals surface area contributed by atoms with Crippen LogP contribution in [0.1, 0.15) is 38.2 Å². The van der Waals surface area contributed by atoms with Crippen LogP contribution in [0.2, 0.25) is 0 Å². The van der Waals surface area contributed by atoms with Crippen LogP contribution >= 0.6 is 0 Å². The van der Waals surface area contributed by atoms with Gasteiger partial charge in [0.15, 0.2) is 11.5 Å². The number of carbonyl (C=O) groups excluding carboxylic acids is 4. The van der Waals surface area contributed by atoms with Gasteiger partial charge in [0.05, 0.1) is 46.1 Å². The summed E-state index contributed by atoms with van der Waals surface area (Å²) in [5.74, 6) is -5.31. The topological polar surface area (TPSA) is 147 Å². The molecule has 4 aliphatic rings. The number of nitro groups is 1. The minimum atomic E-state index is -1.31. The second-order valence-corrected chi connectivity index (χ2v) is 12.4. The number of carbonyl (C=O) groups is 4. The van der Waals surface area contributed by atoms with E-state index in [9.17, 15) is 34.4 Å². The Labute approximate surface area is 264 Å². The van der Waals surface area contributed by atoms with Crippen LogP contribution < -0.4 is 14.5 Å². The van der Waals surface area contributed by atoms with Crippen LogP contribution in [0, 0.1) is 39.2 Å². The highest BCUT2D eigenvalue weighted by atomic mass is 16.6. The Morgan fingerprint density at radius 3 is 2.26 bits per heavy atom. The average molecular weight is 622 g/mol. The third kappa shape index (κ3) is 4.03. The molecule has 7 rings (SSSR count). The molecule has 1 saturated carbocycles. The number of hydrogen-bond acceptors (Lipinski definition) is 8. The highest BCUT2D eigenvalue weighted by molar-refractivity contribution is 6.25. The largest absolute Gasteiger partial charge is 0.504 e. The average Bonchev–Trinajstić information content (AvgIpc) is 3.42. The number of nitrogens with zero attached hydrogens (tertiary/aromatic N) is 3. The number of nitro benzene ring substituents is 1. The highest BCUT2D eigenvalue weighted by Gasteiger charge is 2.68. The van der Waals surface area contributed by atoms with Gasteiger partial charge in [0.25, 0.3) is 5.69 Å². The minimum absolute atomic E-state index is 0.141. The second kappa shape index (κ2) is 10.6. The number of phenols is 1. The molecule has 0 radical (unpaired) electrons. The zero-order valence-electron chi connectivity index (χ0n) is 25.2. The van der Waals surface area contributed by atoms with E-state index in [0.717, 1.165) is 10.5 Å². The van der Waals surface area contributed by atoms with E-state index < -0.39 is 63.6 Å². The SMILES string of the molecule is CCOc1cccc(C2C3=CCC4C(=O)N(c5ccc([N+](=O)[O-])cc5)C(=O)C4C3CC3C(=O)N(c4ccccc4)C(=O)C32C)c1O. The summed E-state index contributed by atoms with van der Waals surface area (Å²) in [5.41, 5.74) is 0.331. The predicted molar refractivity (Wildman–Crippen MR) is 166 cm³/mol. The monoisotopic (exact) mass is 621 g/mol. The van der Waals surface area contributed by atoms with Gasteiger partial charge in [-0.15, -0.1) is 0 Å². The molecule has 0 aromatic heterocycles. The molecule has 234 valence electrons. The summed E-state index contributed by atoms with van der Waals surface area (Å²) in [6.07, 6.45) is 2.28. The van der Waals surface area contributed by atoms with Gasteiger partial charge in [-0.3, -0.25) is 34.2 Å². The number of benzene rings is 3. The van der Waals surface area contributed by atoms with Gasteiger partial charge in [-0.05, 0) is 62.9 Å². The fourth-order valence-electron chi connectivity index (χ4n) is 8.20. The maximum absolute atomic E-state index is 14.5. The molecule has 2 heterocycles. The number of rotatable bonds is 6. The predicted octanol–water partition coefficient (Wildman–Crippen LogP) is 5.13.